The predicted octanol–water partition coefficient (Wildman–Crippen LogP) is 2.52. The summed E-state index contributed by atoms with van der Waals surface area (Å²) in [6, 6.07) is 2.12. The summed E-state index contributed by atoms with van der Waals surface area (Å²) in [4.78, 5) is 4.45. The highest BCUT2D eigenvalue weighted by Crippen LogP contribution is 2.31. The first-order valence-corrected chi connectivity index (χ1v) is 7.77. The van der Waals surface area contributed by atoms with Crippen molar-refractivity contribution in [1.82, 2.24) is 9.71 Å². The lowest BCUT2D eigenvalue weighted by atomic mass is 9.92. The lowest BCUT2D eigenvalue weighted by molar-refractivity contribution is 0.408. The molecular weight excluding hydrogens is 260 g/mol. The minimum atomic E-state index is -1.07. The van der Waals surface area contributed by atoms with E-state index in [9.17, 15) is 4.21 Å². The molecule has 1 N–H and O–H groups in total. The van der Waals surface area contributed by atoms with Gasteiger partial charge in [-0.2, -0.15) is 0 Å². The average molecular weight is 282 g/mol. The number of nitrogens with one attached hydrogen (secondary N) is 1. The second-order valence-corrected chi connectivity index (χ2v) is 7.85. The number of hydrogen-bond acceptors (Lipinski definition) is 3. The number of methoxy groups -OCH3 is 1. The van der Waals surface area contributed by atoms with E-state index in [2.05, 4.69) is 9.71 Å². The second-order valence-electron chi connectivity index (χ2n) is 5.85. The molecule has 2 atom stereocenters. The molecule has 1 aromatic heterocycles. The van der Waals surface area contributed by atoms with Crippen LogP contribution in [0.4, 0.5) is 0 Å². The van der Waals surface area contributed by atoms with Gasteiger partial charge in [0.05, 0.1) is 29.0 Å². The first-order chi connectivity index (χ1) is 8.91. The van der Waals surface area contributed by atoms with Crippen molar-refractivity contribution in [3.8, 4) is 5.75 Å². The fourth-order valence-electron chi connectivity index (χ4n) is 2.17. The Kier molecular flexibility index (Phi) is 4.26. The summed E-state index contributed by atoms with van der Waals surface area (Å²) in [6.45, 7) is 5.93. The van der Waals surface area contributed by atoms with E-state index in [1.54, 1.807) is 13.3 Å². The van der Waals surface area contributed by atoms with Crippen LogP contribution >= 0.6 is 0 Å². The Balaban J connectivity index is 2.24. The normalized spacial score (nSPS) is 20.7. The number of pyridine rings is 1. The zero-order valence-electron chi connectivity index (χ0n) is 12.0. The number of aromatic nitrogens is 1. The topological polar surface area (TPSA) is 51.2 Å². The average Bonchev–Trinajstić information content (AvgIpc) is 2.37. The summed E-state index contributed by atoms with van der Waals surface area (Å²) < 4.78 is 20.5. The van der Waals surface area contributed by atoms with Crippen LogP contribution in [0.5, 0.6) is 5.75 Å². The van der Waals surface area contributed by atoms with Crippen molar-refractivity contribution in [3.63, 3.8) is 0 Å². The fourth-order valence-corrected chi connectivity index (χ4v) is 3.03. The van der Waals surface area contributed by atoms with Crippen LogP contribution in [-0.2, 0) is 17.4 Å². The van der Waals surface area contributed by atoms with Gasteiger partial charge in [-0.05, 0) is 51.7 Å². The maximum absolute atomic E-state index is 12.2. The van der Waals surface area contributed by atoms with Crippen LogP contribution in [0.3, 0.4) is 0 Å². The van der Waals surface area contributed by atoms with E-state index in [-0.39, 0.29) is 10.8 Å². The standard InChI is InChI=1S/C14H22N2O2S/c1-14(2,3)19(17)16-13-7-5-6-12-11(13)8-10(18-4)9-15-12/h8-9,13,16H,5-7H2,1-4H3/t13-,19+/m0/s1. The molecule has 0 unspecified atom stereocenters. The smallest absolute Gasteiger partial charge is 0.137 e. The first-order valence-electron chi connectivity index (χ1n) is 6.62. The summed E-state index contributed by atoms with van der Waals surface area (Å²) in [5.74, 6) is 0.758. The Morgan fingerprint density at radius 2 is 2.21 bits per heavy atom. The van der Waals surface area contributed by atoms with Crippen LogP contribution in [0.2, 0.25) is 0 Å². The van der Waals surface area contributed by atoms with E-state index in [0.29, 0.717) is 0 Å². The molecule has 0 aromatic carbocycles. The number of rotatable bonds is 3. The third kappa shape index (κ3) is 3.34. The summed E-state index contributed by atoms with van der Waals surface area (Å²) in [5, 5.41) is 0. The molecule has 0 bridgehead atoms. The highest BCUT2D eigenvalue weighted by molar-refractivity contribution is 7.84. The third-order valence-corrected chi connectivity index (χ3v) is 4.91. The molecule has 19 heavy (non-hydrogen) atoms. The molecule has 0 saturated heterocycles. The molecule has 4 nitrogen and oxygen atoms in total. The monoisotopic (exact) mass is 282 g/mol. The summed E-state index contributed by atoms with van der Waals surface area (Å²) in [5.41, 5.74) is 2.22. The molecule has 0 spiro atoms. The molecule has 0 amide bonds. The number of ether oxygens (including phenoxy) is 1. The largest absolute Gasteiger partial charge is 0.495 e. The minimum absolute atomic E-state index is 0.103. The number of nitrogens with zero attached hydrogens (tertiary/aromatic N) is 1. The van der Waals surface area contributed by atoms with Gasteiger partial charge in [0.15, 0.2) is 0 Å². The molecule has 0 radical (unpaired) electrons. The van der Waals surface area contributed by atoms with Gasteiger partial charge in [-0.25, -0.2) is 8.93 Å². The van der Waals surface area contributed by atoms with Crippen molar-refractivity contribution in [1.29, 1.82) is 0 Å². The number of hydrogen-bond donors (Lipinski definition) is 1. The molecule has 1 aromatic rings. The van der Waals surface area contributed by atoms with E-state index in [0.717, 1.165) is 36.3 Å². The van der Waals surface area contributed by atoms with Crippen LogP contribution in [0, 0.1) is 0 Å². The second kappa shape index (κ2) is 5.59. The Hall–Kier alpha value is -0.940. The van der Waals surface area contributed by atoms with Crippen molar-refractivity contribution >= 4 is 11.0 Å². The van der Waals surface area contributed by atoms with Crippen molar-refractivity contribution in [2.75, 3.05) is 7.11 Å². The summed E-state index contributed by atoms with van der Waals surface area (Å²) in [7, 11) is 0.572. The maximum Gasteiger partial charge on any atom is 0.137 e. The molecule has 1 aliphatic carbocycles. The molecule has 2 rings (SSSR count). The Bertz CT molecular complexity index is 483. The maximum atomic E-state index is 12.2. The highest BCUT2D eigenvalue weighted by Gasteiger charge is 2.27. The summed E-state index contributed by atoms with van der Waals surface area (Å²) >= 11 is 0. The van der Waals surface area contributed by atoms with Gasteiger partial charge in [-0.1, -0.05) is 0 Å². The molecule has 0 aliphatic heterocycles. The van der Waals surface area contributed by atoms with E-state index in [1.165, 1.54) is 0 Å². The zero-order chi connectivity index (χ0) is 14.0. The van der Waals surface area contributed by atoms with Crippen LogP contribution in [0.15, 0.2) is 12.3 Å². The Morgan fingerprint density at radius 3 is 2.84 bits per heavy atom. The molecule has 1 heterocycles. The fraction of sp³-hybridized carbons (Fsp3) is 0.643. The van der Waals surface area contributed by atoms with Crippen LogP contribution in [0.25, 0.3) is 0 Å². The minimum Gasteiger partial charge on any atom is -0.495 e. The predicted molar refractivity (Wildman–Crippen MR) is 77.5 cm³/mol. The molecular formula is C14H22N2O2S. The molecule has 1 aliphatic rings. The molecule has 5 heteroatoms. The van der Waals surface area contributed by atoms with Gasteiger partial charge in [0.25, 0.3) is 0 Å². The lowest BCUT2D eigenvalue weighted by Crippen LogP contribution is -2.37. The van der Waals surface area contributed by atoms with E-state index < -0.39 is 11.0 Å². The molecule has 0 saturated carbocycles. The Labute approximate surface area is 117 Å². The zero-order valence-corrected chi connectivity index (χ0v) is 12.8. The quantitative estimate of drug-likeness (QED) is 0.927. The van der Waals surface area contributed by atoms with Gasteiger partial charge in [0.2, 0.25) is 0 Å². The van der Waals surface area contributed by atoms with Gasteiger partial charge in [0, 0.05) is 11.7 Å². The van der Waals surface area contributed by atoms with Crippen LogP contribution < -0.4 is 9.46 Å². The van der Waals surface area contributed by atoms with Crippen molar-refractivity contribution in [3.05, 3.63) is 23.5 Å². The van der Waals surface area contributed by atoms with Crippen molar-refractivity contribution in [2.24, 2.45) is 0 Å². The van der Waals surface area contributed by atoms with Gasteiger partial charge >= 0.3 is 0 Å². The van der Waals surface area contributed by atoms with Gasteiger partial charge in [-0.3, -0.25) is 4.98 Å². The van der Waals surface area contributed by atoms with E-state index >= 15 is 0 Å². The first kappa shape index (κ1) is 14.5. The SMILES string of the molecule is COc1cnc2c(c1)[C@@H](N[S@](=O)C(C)(C)C)CCC2. The van der Waals surface area contributed by atoms with Crippen LogP contribution in [-0.4, -0.2) is 21.0 Å². The lowest BCUT2D eigenvalue weighted by Gasteiger charge is -2.28. The van der Waals surface area contributed by atoms with Crippen molar-refractivity contribution in [2.45, 2.75) is 50.8 Å². The number of fused-ring (bicyclic) bond motifs is 1. The van der Waals surface area contributed by atoms with E-state index in [1.807, 2.05) is 26.8 Å². The van der Waals surface area contributed by atoms with Gasteiger partial charge in [0.1, 0.15) is 5.75 Å². The van der Waals surface area contributed by atoms with E-state index in [4.69, 9.17) is 4.74 Å². The van der Waals surface area contributed by atoms with Gasteiger partial charge < -0.3 is 4.74 Å². The molecule has 106 valence electrons. The summed E-state index contributed by atoms with van der Waals surface area (Å²) in [6.07, 6.45) is 4.80. The van der Waals surface area contributed by atoms with Crippen molar-refractivity contribution < 1.29 is 8.95 Å². The Morgan fingerprint density at radius 1 is 1.47 bits per heavy atom. The van der Waals surface area contributed by atoms with Gasteiger partial charge in [-0.15, -0.1) is 0 Å². The van der Waals surface area contributed by atoms with Crippen LogP contribution in [0.1, 0.15) is 50.9 Å². The highest BCUT2D eigenvalue weighted by atomic mass is 32.2. The third-order valence-electron chi connectivity index (χ3n) is 3.30. The number of aryl methyl sites for hydroxylation is 1. The molecule has 0 fully saturated rings.